The van der Waals surface area contributed by atoms with Crippen molar-refractivity contribution in [3.05, 3.63) is 35.5 Å². The normalized spacial score (nSPS) is 13.3. The van der Waals surface area contributed by atoms with E-state index in [1.807, 2.05) is 0 Å². The third-order valence-electron chi connectivity index (χ3n) is 4.55. The van der Waals surface area contributed by atoms with Crippen molar-refractivity contribution in [3.8, 4) is 0 Å². The second-order valence-electron chi connectivity index (χ2n) is 8.61. The Kier molecular flexibility index (Phi) is 6.20. The van der Waals surface area contributed by atoms with Crippen LogP contribution in [0.15, 0.2) is 24.4 Å². The van der Waals surface area contributed by atoms with E-state index in [0.717, 1.165) is 6.54 Å². The summed E-state index contributed by atoms with van der Waals surface area (Å²) in [6, 6.07) is 6.66. The van der Waals surface area contributed by atoms with Gasteiger partial charge in [0.1, 0.15) is 0 Å². The summed E-state index contributed by atoms with van der Waals surface area (Å²) in [5, 5.41) is 1.21. The van der Waals surface area contributed by atoms with Crippen LogP contribution in [0, 0.1) is 5.92 Å². The largest absolute Gasteiger partial charge is 0.347 e. The van der Waals surface area contributed by atoms with Crippen molar-refractivity contribution in [2.75, 3.05) is 20.6 Å². The molecular weight excluding hydrogens is 346 g/mol. The van der Waals surface area contributed by atoms with Gasteiger partial charge in [-0.1, -0.05) is 46.8 Å². The Bertz CT molecular complexity index is 859. The average molecular weight is 380 g/mol. The molecule has 26 heavy (non-hydrogen) atoms. The molecule has 146 valence electrons. The Balaban J connectivity index is 2.35. The van der Waals surface area contributed by atoms with Crippen LogP contribution in [0.2, 0.25) is 0 Å². The predicted octanol–water partition coefficient (Wildman–Crippen LogP) is 3.53. The molecule has 1 heterocycles. The summed E-state index contributed by atoms with van der Waals surface area (Å²) in [6.07, 6.45) is 2.85. The van der Waals surface area contributed by atoms with Crippen molar-refractivity contribution >= 4 is 21.1 Å². The lowest BCUT2D eigenvalue weighted by molar-refractivity contribution is 0.506. The molecule has 0 radical (unpaired) electrons. The van der Waals surface area contributed by atoms with Gasteiger partial charge in [-0.05, 0) is 34.9 Å². The number of benzene rings is 1. The summed E-state index contributed by atoms with van der Waals surface area (Å²) in [5.74, 6) is 0.545. The number of nitrogens with zero attached hydrogens (tertiary/aromatic N) is 2. The van der Waals surface area contributed by atoms with E-state index in [1.54, 1.807) is 0 Å². The smallest absolute Gasteiger partial charge is 0.278 e. The number of nitrogens with one attached hydrogen (secondary N) is 1. The first-order chi connectivity index (χ1) is 11.9. The van der Waals surface area contributed by atoms with Gasteiger partial charge >= 0.3 is 0 Å². The van der Waals surface area contributed by atoms with E-state index in [1.165, 1.54) is 40.4 Å². The molecular formula is C20H33N3O2S. The van der Waals surface area contributed by atoms with Crippen LogP contribution in [-0.2, 0) is 28.6 Å². The van der Waals surface area contributed by atoms with Crippen molar-refractivity contribution in [2.24, 2.45) is 5.92 Å². The zero-order valence-electron chi connectivity index (χ0n) is 17.1. The Morgan fingerprint density at radius 1 is 1.19 bits per heavy atom. The quantitative estimate of drug-likeness (QED) is 0.800. The van der Waals surface area contributed by atoms with Crippen molar-refractivity contribution < 1.29 is 8.42 Å². The first-order valence-corrected chi connectivity index (χ1v) is 10.6. The lowest BCUT2D eigenvalue weighted by Crippen LogP contribution is -2.36. The molecule has 0 spiro atoms. The van der Waals surface area contributed by atoms with Crippen LogP contribution in [0.4, 0.5) is 0 Å². The van der Waals surface area contributed by atoms with Gasteiger partial charge in [0.15, 0.2) is 0 Å². The SMILES string of the molecule is CC(C)Cn1cc(CCNS(=O)(=O)N(C)C)c2ccc(C(C)(C)C)cc21. The fourth-order valence-electron chi connectivity index (χ4n) is 3.02. The number of rotatable bonds is 7. The van der Waals surface area contributed by atoms with E-state index < -0.39 is 10.2 Å². The van der Waals surface area contributed by atoms with Crippen LogP contribution in [0.1, 0.15) is 45.7 Å². The van der Waals surface area contributed by atoms with E-state index in [-0.39, 0.29) is 5.41 Å². The highest BCUT2D eigenvalue weighted by atomic mass is 32.2. The first-order valence-electron chi connectivity index (χ1n) is 9.21. The molecule has 0 bridgehead atoms. The summed E-state index contributed by atoms with van der Waals surface area (Å²) < 4.78 is 30.0. The Hall–Kier alpha value is -1.37. The zero-order chi connectivity index (χ0) is 19.7. The highest BCUT2D eigenvalue weighted by Gasteiger charge is 2.18. The topological polar surface area (TPSA) is 54.3 Å². The molecule has 0 saturated heterocycles. The van der Waals surface area contributed by atoms with Crippen LogP contribution >= 0.6 is 0 Å². The lowest BCUT2D eigenvalue weighted by atomic mass is 9.86. The minimum Gasteiger partial charge on any atom is -0.347 e. The molecule has 0 unspecified atom stereocenters. The summed E-state index contributed by atoms with van der Waals surface area (Å²) >= 11 is 0. The maximum Gasteiger partial charge on any atom is 0.278 e. The van der Waals surface area contributed by atoms with Gasteiger partial charge in [0.25, 0.3) is 10.2 Å². The Labute approximate surface area is 158 Å². The van der Waals surface area contributed by atoms with Gasteiger partial charge in [0, 0.05) is 44.3 Å². The van der Waals surface area contributed by atoms with Gasteiger partial charge in [0.2, 0.25) is 0 Å². The van der Waals surface area contributed by atoms with Gasteiger partial charge in [0.05, 0.1) is 0 Å². The zero-order valence-corrected chi connectivity index (χ0v) is 17.9. The molecule has 0 aliphatic heterocycles. The molecule has 1 aromatic carbocycles. The summed E-state index contributed by atoms with van der Waals surface area (Å²) in [4.78, 5) is 0. The second kappa shape index (κ2) is 7.71. The number of fused-ring (bicyclic) bond motifs is 1. The summed E-state index contributed by atoms with van der Waals surface area (Å²) in [7, 11) is -0.318. The van der Waals surface area contributed by atoms with Crippen LogP contribution in [-0.4, -0.2) is 37.9 Å². The minimum absolute atomic E-state index is 0.0998. The maximum atomic E-state index is 11.9. The van der Waals surface area contributed by atoms with Gasteiger partial charge < -0.3 is 4.57 Å². The van der Waals surface area contributed by atoms with Gasteiger partial charge in [-0.2, -0.15) is 12.7 Å². The third-order valence-corrected chi connectivity index (χ3v) is 6.08. The molecule has 1 aromatic heterocycles. The van der Waals surface area contributed by atoms with Crippen LogP contribution in [0.25, 0.3) is 10.9 Å². The van der Waals surface area contributed by atoms with Gasteiger partial charge in [-0.15, -0.1) is 0 Å². The first kappa shape index (κ1) is 20.9. The number of aromatic nitrogens is 1. The van der Waals surface area contributed by atoms with Crippen molar-refractivity contribution in [1.29, 1.82) is 0 Å². The van der Waals surface area contributed by atoms with E-state index >= 15 is 0 Å². The molecule has 0 saturated carbocycles. The van der Waals surface area contributed by atoms with Crippen LogP contribution in [0.3, 0.4) is 0 Å². The highest BCUT2D eigenvalue weighted by Crippen LogP contribution is 2.29. The Morgan fingerprint density at radius 3 is 2.38 bits per heavy atom. The molecule has 2 aromatic rings. The van der Waals surface area contributed by atoms with Crippen molar-refractivity contribution in [2.45, 2.75) is 53.0 Å². The minimum atomic E-state index is -3.38. The molecule has 0 atom stereocenters. The van der Waals surface area contributed by atoms with Crippen LogP contribution in [0.5, 0.6) is 0 Å². The molecule has 5 nitrogen and oxygen atoms in total. The molecule has 6 heteroatoms. The number of hydrogen-bond acceptors (Lipinski definition) is 2. The standard InChI is InChI=1S/C20H33N3O2S/c1-15(2)13-23-14-16(10-11-21-26(24,25)22(6)7)18-9-8-17(12-19(18)23)20(3,4)5/h8-9,12,14-15,21H,10-11,13H2,1-7H3. The highest BCUT2D eigenvalue weighted by molar-refractivity contribution is 7.87. The van der Waals surface area contributed by atoms with E-state index in [9.17, 15) is 8.42 Å². The molecule has 0 aliphatic carbocycles. The molecule has 0 fully saturated rings. The summed E-state index contributed by atoms with van der Waals surface area (Å²) in [5.41, 5.74) is 3.83. The molecule has 0 amide bonds. The monoisotopic (exact) mass is 379 g/mol. The third kappa shape index (κ3) is 4.87. The Morgan fingerprint density at radius 2 is 1.85 bits per heavy atom. The molecule has 2 rings (SSSR count). The van der Waals surface area contributed by atoms with E-state index in [4.69, 9.17) is 0 Å². The number of hydrogen-bond donors (Lipinski definition) is 1. The fraction of sp³-hybridized carbons (Fsp3) is 0.600. The predicted molar refractivity (Wildman–Crippen MR) is 110 cm³/mol. The van der Waals surface area contributed by atoms with Crippen LogP contribution < -0.4 is 4.72 Å². The lowest BCUT2D eigenvalue weighted by Gasteiger charge is -2.19. The fourth-order valence-corrected chi connectivity index (χ4v) is 3.64. The molecule has 0 aliphatic rings. The van der Waals surface area contributed by atoms with Gasteiger partial charge in [-0.25, -0.2) is 4.72 Å². The van der Waals surface area contributed by atoms with Crippen molar-refractivity contribution in [3.63, 3.8) is 0 Å². The van der Waals surface area contributed by atoms with Crippen molar-refractivity contribution in [1.82, 2.24) is 13.6 Å². The van der Waals surface area contributed by atoms with E-state index in [2.05, 4.69) is 68.3 Å². The van der Waals surface area contributed by atoms with Gasteiger partial charge in [-0.3, -0.25) is 0 Å². The average Bonchev–Trinajstić information content (AvgIpc) is 2.83. The van der Waals surface area contributed by atoms with E-state index in [0.29, 0.717) is 18.9 Å². The second-order valence-corrected chi connectivity index (χ2v) is 10.6. The summed E-state index contributed by atoms with van der Waals surface area (Å²) in [6.45, 7) is 12.4. The maximum absolute atomic E-state index is 11.9. The molecule has 1 N–H and O–H groups in total.